The van der Waals surface area contributed by atoms with Crippen molar-refractivity contribution in [2.75, 3.05) is 45.4 Å². The van der Waals surface area contributed by atoms with E-state index in [0.29, 0.717) is 44.0 Å². The molecule has 7 nitrogen and oxygen atoms in total. The third kappa shape index (κ3) is 5.23. The van der Waals surface area contributed by atoms with Gasteiger partial charge in [-0.3, -0.25) is 9.59 Å². The van der Waals surface area contributed by atoms with Crippen molar-refractivity contribution in [2.24, 2.45) is 0 Å². The summed E-state index contributed by atoms with van der Waals surface area (Å²) in [5.74, 6) is 0.490. The molecule has 0 spiro atoms. The molecule has 1 heterocycles. The Balaban J connectivity index is 2.04. The van der Waals surface area contributed by atoms with E-state index in [-0.39, 0.29) is 17.9 Å². The molecule has 1 aromatic carbocycles. The van der Waals surface area contributed by atoms with Crippen LogP contribution in [0, 0.1) is 0 Å². The van der Waals surface area contributed by atoms with E-state index < -0.39 is 0 Å². The van der Waals surface area contributed by atoms with Gasteiger partial charge in [-0.15, -0.1) is 0 Å². The van der Waals surface area contributed by atoms with Crippen LogP contribution in [0.4, 0.5) is 5.69 Å². The van der Waals surface area contributed by atoms with Crippen molar-refractivity contribution in [2.45, 2.75) is 19.4 Å². The van der Waals surface area contributed by atoms with Gasteiger partial charge in [0.2, 0.25) is 5.91 Å². The highest BCUT2D eigenvalue weighted by atomic mass is 16.5. The van der Waals surface area contributed by atoms with Gasteiger partial charge < -0.3 is 25.0 Å². The lowest BCUT2D eigenvalue weighted by Gasteiger charge is -2.35. The van der Waals surface area contributed by atoms with E-state index in [2.05, 4.69) is 17.2 Å². The molecule has 0 aliphatic carbocycles. The average Bonchev–Trinajstić information content (AvgIpc) is 2.62. The fraction of sp³-hybridized carbons (Fsp3) is 0.474. The smallest absolute Gasteiger partial charge is 0.251 e. The summed E-state index contributed by atoms with van der Waals surface area (Å²) in [4.78, 5) is 26.3. The van der Waals surface area contributed by atoms with Gasteiger partial charge in [0.1, 0.15) is 12.4 Å². The number of amides is 2. The lowest BCUT2D eigenvalue weighted by Crippen LogP contribution is -2.44. The summed E-state index contributed by atoms with van der Waals surface area (Å²) in [7, 11) is 3.49. The van der Waals surface area contributed by atoms with Gasteiger partial charge in [0.25, 0.3) is 5.91 Å². The molecule has 0 bridgehead atoms. The van der Waals surface area contributed by atoms with Crippen LogP contribution in [0.15, 0.2) is 30.4 Å². The van der Waals surface area contributed by atoms with Gasteiger partial charge in [0.05, 0.1) is 24.8 Å². The molecular weight excluding hydrogens is 334 g/mol. The van der Waals surface area contributed by atoms with Crippen molar-refractivity contribution in [3.05, 3.63) is 35.9 Å². The fourth-order valence-corrected chi connectivity index (χ4v) is 2.65. The summed E-state index contributed by atoms with van der Waals surface area (Å²) in [5, 5.41) is 5.63. The quantitative estimate of drug-likeness (QED) is 0.540. The SMILES string of the molecule is C=C(C)CNC(=O)C[C@H]1COc2ccc(C(=O)NCCOC)cc2N1C. The molecule has 0 radical (unpaired) electrons. The van der Waals surface area contributed by atoms with Crippen LogP contribution in [0.3, 0.4) is 0 Å². The monoisotopic (exact) mass is 361 g/mol. The van der Waals surface area contributed by atoms with E-state index in [0.717, 1.165) is 11.3 Å². The molecule has 2 N–H and O–H groups in total. The number of nitrogens with one attached hydrogen (secondary N) is 2. The predicted octanol–water partition coefficient (Wildman–Crippen LogP) is 1.34. The number of hydrogen-bond acceptors (Lipinski definition) is 5. The van der Waals surface area contributed by atoms with Crippen LogP contribution >= 0.6 is 0 Å². The molecule has 0 saturated heterocycles. The zero-order valence-electron chi connectivity index (χ0n) is 15.6. The van der Waals surface area contributed by atoms with Crippen molar-refractivity contribution in [3.8, 4) is 5.75 Å². The highest BCUT2D eigenvalue weighted by Gasteiger charge is 2.27. The van der Waals surface area contributed by atoms with E-state index in [1.165, 1.54) is 0 Å². The first kappa shape index (κ1) is 19.8. The second-order valence-corrected chi connectivity index (χ2v) is 6.44. The summed E-state index contributed by atoms with van der Waals surface area (Å²) < 4.78 is 10.7. The number of hydrogen-bond donors (Lipinski definition) is 2. The number of ether oxygens (including phenoxy) is 2. The maximum Gasteiger partial charge on any atom is 0.251 e. The van der Waals surface area contributed by atoms with Gasteiger partial charge in [-0.2, -0.15) is 0 Å². The number of rotatable bonds is 8. The van der Waals surface area contributed by atoms with Crippen LogP contribution in [0.25, 0.3) is 0 Å². The molecule has 1 atom stereocenters. The summed E-state index contributed by atoms with van der Waals surface area (Å²) in [6, 6.07) is 5.21. The first-order valence-corrected chi connectivity index (χ1v) is 8.60. The molecule has 1 aliphatic heterocycles. The first-order chi connectivity index (χ1) is 12.4. The molecule has 1 aromatic rings. The van der Waals surface area contributed by atoms with Gasteiger partial charge in [0, 0.05) is 32.8 Å². The fourth-order valence-electron chi connectivity index (χ4n) is 2.65. The minimum absolute atomic E-state index is 0.0506. The first-order valence-electron chi connectivity index (χ1n) is 8.60. The van der Waals surface area contributed by atoms with Crippen molar-refractivity contribution in [1.82, 2.24) is 10.6 Å². The zero-order chi connectivity index (χ0) is 19.1. The van der Waals surface area contributed by atoms with Gasteiger partial charge in [-0.25, -0.2) is 0 Å². The summed E-state index contributed by atoms with van der Waals surface area (Å²) in [6.07, 6.45) is 0.313. The number of methoxy groups -OCH3 is 1. The summed E-state index contributed by atoms with van der Waals surface area (Å²) in [5.41, 5.74) is 2.25. The minimum Gasteiger partial charge on any atom is -0.489 e. The van der Waals surface area contributed by atoms with E-state index in [9.17, 15) is 9.59 Å². The van der Waals surface area contributed by atoms with E-state index in [4.69, 9.17) is 9.47 Å². The molecule has 1 aliphatic rings. The van der Waals surface area contributed by atoms with E-state index in [1.807, 2.05) is 18.9 Å². The van der Waals surface area contributed by atoms with E-state index >= 15 is 0 Å². The molecule has 2 rings (SSSR count). The van der Waals surface area contributed by atoms with E-state index in [1.54, 1.807) is 25.3 Å². The van der Waals surface area contributed by atoms with Crippen LogP contribution in [0.2, 0.25) is 0 Å². The molecule has 7 heteroatoms. The Labute approximate surface area is 154 Å². The molecule has 2 amide bonds. The Bertz CT molecular complexity index is 675. The van der Waals surface area contributed by atoms with Crippen LogP contribution in [-0.2, 0) is 9.53 Å². The van der Waals surface area contributed by atoms with Gasteiger partial charge in [-0.1, -0.05) is 12.2 Å². The van der Waals surface area contributed by atoms with Gasteiger partial charge in [-0.05, 0) is 25.1 Å². The Hall–Kier alpha value is -2.54. The van der Waals surface area contributed by atoms with Crippen LogP contribution in [0.1, 0.15) is 23.7 Å². The summed E-state index contributed by atoms with van der Waals surface area (Å²) in [6.45, 7) is 7.44. The molecule has 0 fully saturated rings. The van der Waals surface area contributed by atoms with Crippen molar-refractivity contribution in [3.63, 3.8) is 0 Å². The van der Waals surface area contributed by atoms with Crippen molar-refractivity contribution in [1.29, 1.82) is 0 Å². The Morgan fingerprint density at radius 1 is 1.38 bits per heavy atom. The number of nitrogens with zero attached hydrogens (tertiary/aromatic N) is 1. The standard InChI is InChI=1S/C19H27N3O4/c1-13(2)11-21-18(23)10-15-12-26-17-6-5-14(9-16(17)22(15)3)19(24)20-7-8-25-4/h5-6,9,15H,1,7-8,10-12H2,2-4H3,(H,20,24)(H,21,23)/t15-/m0/s1. The number of benzene rings is 1. The third-order valence-electron chi connectivity index (χ3n) is 4.18. The molecule has 26 heavy (non-hydrogen) atoms. The zero-order valence-corrected chi connectivity index (χ0v) is 15.6. The molecule has 0 saturated carbocycles. The average molecular weight is 361 g/mol. The second-order valence-electron chi connectivity index (χ2n) is 6.44. The summed E-state index contributed by atoms with van der Waals surface area (Å²) >= 11 is 0. The Kier molecular flexibility index (Phi) is 7.03. The highest BCUT2D eigenvalue weighted by molar-refractivity contribution is 5.95. The molecular formula is C19H27N3O4. The maximum absolute atomic E-state index is 12.2. The second kappa shape index (κ2) is 9.24. The van der Waals surface area contributed by atoms with Crippen molar-refractivity contribution < 1.29 is 19.1 Å². The van der Waals surface area contributed by atoms with Crippen LogP contribution < -0.4 is 20.3 Å². The molecule has 0 aromatic heterocycles. The number of carbonyl (C=O) groups is 2. The van der Waals surface area contributed by atoms with Gasteiger partial charge in [0.15, 0.2) is 0 Å². The number of likely N-dealkylation sites (N-methyl/N-ethyl adjacent to an activating group) is 1. The molecule has 142 valence electrons. The Morgan fingerprint density at radius 2 is 2.15 bits per heavy atom. The number of fused-ring (bicyclic) bond motifs is 1. The minimum atomic E-state index is -0.167. The maximum atomic E-state index is 12.2. The van der Waals surface area contributed by atoms with Gasteiger partial charge >= 0.3 is 0 Å². The van der Waals surface area contributed by atoms with Crippen molar-refractivity contribution >= 4 is 17.5 Å². The number of anilines is 1. The topological polar surface area (TPSA) is 79.9 Å². The number of carbonyl (C=O) groups excluding carboxylic acids is 2. The van der Waals surface area contributed by atoms with Crippen LogP contribution in [0.5, 0.6) is 5.75 Å². The lowest BCUT2D eigenvalue weighted by atomic mass is 10.1. The lowest BCUT2D eigenvalue weighted by molar-refractivity contribution is -0.121. The normalized spacial score (nSPS) is 15.7. The van der Waals surface area contributed by atoms with Crippen LogP contribution in [-0.4, -0.2) is 58.3 Å². The largest absolute Gasteiger partial charge is 0.489 e. The molecule has 0 unspecified atom stereocenters. The third-order valence-corrected chi connectivity index (χ3v) is 4.18. The Morgan fingerprint density at radius 3 is 2.85 bits per heavy atom. The highest BCUT2D eigenvalue weighted by Crippen LogP contribution is 2.34. The predicted molar refractivity (Wildman–Crippen MR) is 101 cm³/mol.